The largest absolute Gasteiger partial charge is 0.391 e. The summed E-state index contributed by atoms with van der Waals surface area (Å²) in [6.45, 7) is 0.703. The van der Waals surface area contributed by atoms with Crippen molar-refractivity contribution in [1.82, 2.24) is 9.88 Å². The zero-order valence-electron chi connectivity index (χ0n) is 10.9. The standard InChI is InChI=1S/C13H16F3N3O/c14-13(15,16)10-3-6-19(7-4-10)9-12(20)18-11-2-1-5-17-8-11/h1-2,5,8,10H,3-4,6-7,9H2,(H,18,20). The number of hydrogen-bond donors (Lipinski definition) is 1. The van der Waals surface area contributed by atoms with Crippen LogP contribution in [-0.4, -0.2) is 41.6 Å². The number of alkyl halides is 3. The van der Waals surface area contributed by atoms with Gasteiger partial charge in [0.15, 0.2) is 0 Å². The molecule has 4 nitrogen and oxygen atoms in total. The van der Waals surface area contributed by atoms with Gasteiger partial charge in [-0.25, -0.2) is 0 Å². The molecule has 0 bridgehead atoms. The molecule has 2 rings (SSSR count). The quantitative estimate of drug-likeness (QED) is 0.927. The molecule has 1 aliphatic heterocycles. The summed E-state index contributed by atoms with van der Waals surface area (Å²) in [5.74, 6) is -1.47. The van der Waals surface area contributed by atoms with E-state index in [0.717, 1.165) is 0 Å². The maximum atomic E-state index is 12.5. The van der Waals surface area contributed by atoms with Gasteiger partial charge in [0, 0.05) is 6.20 Å². The van der Waals surface area contributed by atoms with Gasteiger partial charge in [-0.2, -0.15) is 13.2 Å². The van der Waals surface area contributed by atoms with Crippen LogP contribution in [0.4, 0.5) is 18.9 Å². The summed E-state index contributed by atoms with van der Waals surface area (Å²) in [4.78, 5) is 17.4. The van der Waals surface area contributed by atoms with Crippen molar-refractivity contribution in [2.45, 2.75) is 19.0 Å². The molecule has 0 spiro atoms. The number of carbonyl (C=O) groups excluding carboxylic acids is 1. The molecule has 1 aromatic rings. The van der Waals surface area contributed by atoms with Crippen LogP contribution in [0.3, 0.4) is 0 Å². The van der Waals surface area contributed by atoms with E-state index in [9.17, 15) is 18.0 Å². The number of pyridine rings is 1. The van der Waals surface area contributed by atoms with Crippen LogP contribution in [0, 0.1) is 5.92 Å². The molecule has 1 N–H and O–H groups in total. The molecule has 0 unspecified atom stereocenters. The van der Waals surface area contributed by atoms with Crippen LogP contribution < -0.4 is 5.32 Å². The van der Waals surface area contributed by atoms with E-state index < -0.39 is 12.1 Å². The van der Waals surface area contributed by atoms with Crippen LogP contribution in [0.25, 0.3) is 0 Å². The number of nitrogens with one attached hydrogen (secondary N) is 1. The first kappa shape index (κ1) is 14.8. The lowest BCUT2D eigenvalue weighted by molar-refractivity contribution is -0.184. The number of nitrogens with zero attached hydrogens (tertiary/aromatic N) is 2. The summed E-state index contributed by atoms with van der Waals surface area (Å²) >= 11 is 0. The summed E-state index contributed by atoms with van der Waals surface area (Å²) in [5.41, 5.74) is 0.586. The summed E-state index contributed by atoms with van der Waals surface area (Å²) in [6, 6.07) is 3.41. The van der Waals surface area contributed by atoms with Gasteiger partial charge in [0.25, 0.3) is 0 Å². The highest BCUT2D eigenvalue weighted by Gasteiger charge is 2.41. The highest BCUT2D eigenvalue weighted by Crippen LogP contribution is 2.33. The van der Waals surface area contributed by atoms with Crippen molar-refractivity contribution in [3.8, 4) is 0 Å². The second-order valence-corrected chi connectivity index (χ2v) is 4.88. The Bertz CT molecular complexity index is 442. The zero-order valence-corrected chi connectivity index (χ0v) is 10.9. The number of likely N-dealkylation sites (tertiary alicyclic amines) is 1. The van der Waals surface area contributed by atoms with Crippen molar-refractivity contribution in [2.24, 2.45) is 5.92 Å². The summed E-state index contributed by atoms with van der Waals surface area (Å²) in [7, 11) is 0. The number of anilines is 1. The number of halogens is 3. The average molecular weight is 287 g/mol. The highest BCUT2D eigenvalue weighted by atomic mass is 19.4. The summed E-state index contributed by atoms with van der Waals surface area (Å²) in [6.07, 6.45) is -0.886. The lowest BCUT2D eigenvalue weighted by atomic mass is 9.96. The van der Waals surface area contributed by atoms with Crippen LogP contribution in [0.15, 0.2) is 24.5 Å². The smallest absolute Gasteiger partial charge is 0.324 e. The molecule has 0 atom stereocenters. The molecule has 110 valence electrons. The number of hydrogen-bond acceptors (Lipinski definition) is 3. The Labute approximate surface area is 115 Å². The Morgan fingerprint density at radius 3 is 2.65 bits per heavy atom. The molecule has 1 amide bonds. The number of piperidine rings is 1. The molecule has 1 saturated heterocycles. The van der Waals surface area contributed by atoms with E-state index in [-0.39, 0.29) is 25.3 Å². The number of carbonyl (C=O) groups is 1. The van der Waals surface area contributed by atoms with Crippen molar-refractivity contribution in [3.63, 3.8) is 0 Å². The second-order valence-electron chi connectivity index (χ2n) is 4.88. The average Bonchev–Trinajstić information content (AvgIpc) is 2.39. The first-order valence-corrected chi connectivity index (χ1v) is 6.44. The number of rotatable bonds is 3. The van der Waals surface area contributed by atoms with Gasteiger partial charge in [-0.15, -0.1) is 0 Å². The third-order valence-electron chi connectivity index (χ3n) is 3.36. The fraction of sp³-hybridized carbons (Fsp3) is 0.538. The predicted octanol–water partition coefficient (Wildman–Crippen LogP) is 2.29. The lowest BCUT2D eigenvalue weighted by Crippen LogP contribution is -2.42. The van der Waals surface area contributed by atoms with Gasteiger partial charge in [0.1, 0.15) is 0 Å². The third kappa shape index (κ3) is 4.19. The molecule has 0 aliphatic carbocycles. The maximum Gasteiger partial charge on any atom is 0.391 e. The molecule has 1 fully saturated rings. The maximum absolute atomic E-state index is 12.5. The Morgan fingerprint density at radius 1 is 1.40 bits per heavy atom. The van der Waals surface area contributed by atoms with Gasteiger partial charge in [-0.3, -0.25) is 14.7 Å². The van der Waals surface area contributed by atoms with E-state index in [1.165, 1.54) is 6.20 Å². The Morgan fingerprint density at radius 2 is 2.10 bits per heavy atom. The Hall–Kier alpha value is -1.63. The van der Waals surface area contributed by atoms with E-state index in [1.54, 1.807) is 23.2 Å². The monoisotopic (exact) mass is 287 g/mol. The molecule has 2 heterocycles. The minimum Gasteiger partial charge on any atom is -0.324 e. The van der Waals surface area contributed by atoms with Crippen molar-refractivity contribution >= 4 is 11.6 Å². The predicted molar refractivity (Wildman–Crippen MR) is 68.1 cm³/mol. The molecule has 0 radical (unpaired) electrons. The van der Waals surface area contributed by atoms with Crippen molar-refractivity contribution in [2.75, 3.05) is 25.0 Å². The summed E-state index contributed by atoms with van der Waals surface area (Å²) < 4.78 is 37.5. The van der Waals surface area contributed by atoms with Gasteiger partial charge in [-0.1, -0.05) is 0 Å². The van der Waals surface area contributed by atoms with Gasteiger partial charge >= 0.3 is 6.18 Å². The zero-order chi connectivity index (χ0) is 14.6. The molecular weight excluding hydrogens is 271 g/mol. The fourth-order valence-electron chi connectivity index (χ4n) is 2.26. The molecule has 0 saturated carbocycles. The molecule has 1 aliphatic rings. The molecule has 7 heteroatoms. The number of aromatic nitrogens is 1. The SMILES string of the molecule is O=C(CN1CCC(C(F)(F)F)CC1)Nc1cccnc1. The van der Waals surface area contributed by atoms with E-state index in [4.69, 9.17) is 0 Å². The van der Waals surface area contributed by atoms with Gasteiger partial charge in [-0.05, 0) is 38.1 Å². The van der Waals surface area contributed by atoms with Crippen molar-refractivity contribution < 1.29 is 18.0 Å². The Kier molecular flexibility index (Phi) is 4.59. The van der Waals surface area contributed by atoms with Crippen LogP contribution in [0.2, 0.25) is 0 Å². The van der Waals surface area contributed by atoms with Gasteiger partial charge < -0.3 is 5.32 Å². The van der Waals surface area contributed by atoms with Crippen molar-refractivity contribution in [3.05, 3.63) is 24.5 Å². The normalized spacial score (nSPS) is 17.9. The van der Waals surface area contributed by atoms with Crippen LogP contribution in [0.1, 0.15) is 12.8 Å². The van der Waals surface area contributed by atoms with E-state index in [2.05, 4.69) is 10.3 Å². The minimum absolute atomic E-state index is 0.0592. The molecular formula is C13H16F3N3O. The molecule has 1 aromatic heterocycles. The van der Waals surface area contributed by atoms with Gasteiger partial charge in [0.05, 0.1) is 24.3 Å². The first-order chi connectivity index (χ1) is 9.45. The third-order valence-corrected chi connectivity index (χ3v) is 3.36. The summed E-state index contributed by atoms with van der Waals surface area (Å²) in [5, 5.41) is 2.67. The minimum atomic E-state index is -4.12. The van der Waals surface area contributed by atoms with Crippen LogP contribution in [0.5, 0.6) is 0 Å². The Balaban J connectivity index is 1.77. The van der Waals surface area contributed by atoms with E-state index >= 15 is 0 Å². The van der Waals surface area contributed by atoms with Gasteiger partial charge in [0.2, 0.25) is 5.91 Å². The molecule has 0 aromatic carbocycles. The first-order valence-electron chi connectivity index (χ1n) is 6.44. The van der Waals surface area contributed by atoms with Crippen LogP contribution >= 0.6 is 0 Å². The highest BCUT2D eigenvalue weighted by molar-refractivity contribution is 5.92. The lowest BCUT2D eigenvalue weighted by Gasteiger charge is -2.32. The second kappa shape index (κ2) is 6.21. The van der Waals surface area contributed by atoms with E-state index in [1.807, 2.05) is 0 Å². The van der Waals surface area contributed by atoms with Crippen LogP contribution in [-0.2, 0) is 4.79 Å². The number of amides is 1. The molecule has 20 heavy (non-hydrogen) atoms. The topological polar surface area (TPSA) is 45.2 Å². The fourth-order valence-corrected chi connectivity index (χ4v) is 2.26. The van der Waals surface area contributed by atoms with Crippen molar-refractivity contribution in [1.29, 1.82) is 0 Å². The van der Waals surface area contributed by atoms with E-state index in [0.29, 0.717) is 18.8 Å².